The third-order valence-corrected chi connectivity index (χ3v) is 7.37. The SMILES string of the molecule is COc1ccc(Cn2c(C=Cc3cnn(Cc4ccccc4C(F)(F)F)c3)c([N+](=O)[O-])c(=O)n(Cc3ccc(OC)cc3)c2=O)cc1. The average molecular weight is 648 g/mol. The lowest BCUT2D eigenvalue weighted by molar-refractivity contribution is -0.387. The number of alkyl halides is 3. The fourth-order valence-electron chi connectivity index (χ4n) is 5.00. The second kappa shape index (κ2) is 13.6. The zero-order valence-corrected chi connectivity index (χ0v) is 25.2. The Morgan fingerprint density at radius 3 is 1.96 bits per heavy atom. The van der Waals surface area contributed by atoms with Crippen molar-refractivity contribution in [3.63, 3.8) is 0 Å². The molecule has 47 heavy (non-hydrogen) atoms. The standard InChI is InChI=1S/C33H28F3N5O6/c1-46-26-12-7-22(8-13-26)19-39-29(16-11-24-17-37-38(18-24)21-25-5-3-4-6-28(25)33(34,35)36)30(41(44)45)31(42)40(32(39)43)20-23-9-14-27(47-2)15-10-23/h3-18H,19-21H2,1-2H3. The van der Waals surface area contributed by atoms with Gasteiger partial charge in [0.05, 0.1) is 50.5 Å². The van der Waals surface area contributed by atoms with E-state index >= 15 is 0 Å². The molecule has 0 amide bonds. The number of benzene rings is 3. The molecule has 2 aromatic heterocycles. The summed E-state index contributed by atoms with van der Waals surface area (Å²) in [5.41, 5.74) is -2.25. The van der Waals surface area contributed by atoms with E-state index in [1.165, 1.54) is 61.6 Å². The predicted octanol–water partition coefficient (Wildman–Crippen LogP) is 5.47. The Bertz CT molecular complexity index is 2050. The minimum absolute atomic E-state index is 0.00284. The van der Waals surface area contributed by atoms with Crippen LogP contribution in [0.2, 0.25) is 0 Å². The summed E-state index contributed by atoms with van der Waals surface area (Å²) in [5.74, 6) is 1.11. The minimum atomic E-state index is -4.55. The molecule has 5 aromatic rings. The molecule has 0 atom stereocenters. The Morgan fingerprint density at radius 1 is 0.830 bits per heavy atom. The van der Waals surface area contributed by atoms with Gasteiger partial charge in [0, 0.05) is 11.8 Å². The van der Waals surface area contributed by atoms with Crippen molar-refractivity contribution in [1.82, 2.24) is 18.9 Å². The van der Waals surface area contributed by atoms with Gasteiger partial charge in [0.2, 0.25) is 0 Å². The summed E-state index contributed by atoms with van der Waals surface area (Å²) in [6.07, 6.45) is 0.917. The highest BCUT2D eigenvalue weighted by molar-refractivity contribution is 5.71. The molecule has 0 fully saturated rings. The van der Waals surface area contributed by atoms with Gasteiger partial charge < -0.3 is 9.47 Å². The Balaban J connectivity index is 1.57. The molecule has 14 heteroatoms. The van der Waals surface area contributed by atoms with Crippen molar-refractivity contribution in [2.24, 2.45) is 0 Å². The molecule has 0 unspecified atom stereocenters. The summed E-state index contributed by atoms with van der Waals surface area (Å²) in [7, 11) is 2.99. The van der Waals surface area contributed by atoms with Crippen LogP contribution < -0.4 is 20.7 Å². The van der Waals surface area contributed by atoms with Gasteiger partial charge in [-0.1, -0.05) is 42.5 Å². The number of hydrogen-bond donors (Lipinski definition) is 0. The first-order valence-corrected chi connectivity index (χ1v) is 14.1. The maximum absolute atomic E-state index is 13.9. The molecule has 0 saturated heterocycles. The molecule has 3 aromatic carbocycles. The Kier molecular flexibility index (Phi) is 9.40. The maximum Gasteiger partial charge on any atom is 0.416 e. The number of rotatable bonds is 11. The van der Waals surface area contributed by atoms with Crippen molar-refractivity contribution in [3.05, 3.63) is 150 Å². The molecule has 242 valence electrons. The molecule has 0 N–H and O–H groups in total. The second-order valence-electron chi connectivity index (χ2n) is 10.4. The third kappa shape index (κ3) is 7.32. The highest BCUT2D eigenvalue weighted by Gasteiger charge is 2.33. The predicted molar refractivity (Wildman–Crippen MR) is 168 cm³/mol. The van der Waals surface area contributed by atoms with Crippen molar-refractivity contribution in [2.45, 2.75) is 25.8 Å². The van der Waals surface area contributed by atoms with Crippen molar-refractivity contribution in [2.75, 3.05) is 14.2 Å². The van der Waals surface area contributed by atoms with Crippen LogP contribution in [0, 0.1) is 10.1 Å². The summed E-state index contributed by atoms with van der Waals surface area (Å²) in [5, 5.41) is 16.5. The molecule has 11 nitrogen and oxygen atoms in total. The van der Waals surface area contributed by atoms with Gasteiger partial charge in [0.1, 0.15) is 17.2 Å². The molecular weight excluding hydrogens is 619 g/mol. The number of hydrogen-bond acceptors (Lipinski definition) is 7. The van der Waals surface area contributed by atoms with Gasteiger partial charge >= 0.3 is 23.1 Å². The van der Waals surface area contributed by atoms with E-state index in [9.17, 15) is 32.9 Å². The van der Waals surface area contributed by atoms with Crippen molar-refractivity contribution >= 4 is 17.8 Å². The van der Waals surface area contributed by atoms with Crippen LogP contribution in [0.15, 0.2) is 94.8 Å². The summed E-state index contributed by atoms with van der Waals surface area (Å²) in [6, 6.07) is 18.4. The van der Waals surface area contributed by atoms with Crippen molar-refractivity contribution < 1.29 is 27.6 Å². The van der Waals surface area contributed by atoms with Gasteiger partial charge in [-0.2, -0.15) is 18.3 Å². The first-order chi connectivity index (χ1) is 22.5. The van der Waals surface area contributed by atoms with E-state index in [4.69, 9.17) is 9.47 Å². The van der Waals surface area contributed by atoms with Crippen LogP contribution in [0.25, 0.3) is 12.2 Å². The quantitative estimate of drug-likeness (QED) is 0.138. The Labute approximate surface area is 265 Å². The maximum atomic E-state index is 13.9. The molecule has 0 radical (unpaired) electrons. The number of nitro groups is 1. The zero-order chi connectivity index (χ0) is 33.7. The van der Waals surface area contributed by atoms with Crippen LogP contribution >= 0.6 is 0 Å². The van der Waals surface area contributed by atoms with Gasteiger partial charge in [-0.15, -0.1) is 0 Å². The summed E-state index contributed by atoms with van der Waals surface area (Å²) in [4.78, 5) is 38.9. The molecule has 0 aliphatic rings. The van der Waals surface area contributed by atoms with E-state index in [1.54, 1.807) is 48.5 Å². The van der Waals surface area contributed by atoms with Gasteiger partial charge in [0.15, 0.2) is 0 Å². The van der Waals surface area contributed by atoms with E-state index < -0.39 is 33.6 Å². The van der Waals surface area contributed by atoms with E-state index in [0.29, 0.717) is 28.2 Å². The second-order valence-corrected chi connectivity index (χ2v) is 10.4. The highest BCUT2D eigenvalue weighted by atomic mass is 19.4. The fourth-order valence-corrected chi connectivity index (χ4v) is 5.00. The first-order valence-electron chi connectivity index (χ1n) is 14.1. The number of ether oxygens (including phenoxy) is 2. The minimum Gasteiger partial charge on any atom is -0.497 e. The first kappa shape index (κ1) is 32.5. The number of aromatic nitrogens is 4. The van der Waals surface area contributed by atoms with E-state index in [1.807, 2.05) is 0 Å². The van der Waals surface area contributed by atoms with E-state index in [-0.39, 0.29) is 30.9 Å². The number of methoxy groups -OCH3 is 2. The topological polar surface area (TPSA) is 123 Å². The van der Waals surface area contributed by atoms with Gasteiger partial charge in [-0.3, -0.25) is 24.2 Å². The summed E-state index contributed by atoms with van der Waals surface area (Å²) < 4.78 is 54.0. The van der Waals surface area contributed by atoms with Crippen LogP contribution in [0.3, 0.4) is 0 Å². The lowest BCUT2D eigenvalue weighted by atomic mass is 10.1. The van der Waals surface area contributed by atoms with Crippen LogP contribution in [-0.2, 0) is 25.8 Å². The Morgan fingerprint density at radius 2 is 1.40 bits per heavy atom. The molecule has 0 bridgehead atoms. The molecule has 0 aliphatic carbocycles. The number of nitrogens with zero attached hydrogens (tertiary/aromatic N) is 5. The lowest BCUT2D eigenvalue weighted by Crippen LogP contribution is -2.42. The zero-order valence-electron chi connectivity index (χ0n) is 25.2. The Hall–Kier alpha value is -5.92. The molecular formula is C33H28F3N5O6. The lowest BCUT2D eigenvalue weighted by Gasteiger charge is -2.15. The van der Waals surface area contributed by atoms with E-state index in [0.717, 1.165) is 15.2 Å². The van der Waals surface area contributed by atoms with Crippen molar-refractivity contribution in [1.29, 1.82) is 0 Å². The highest BCUT2D eigenvalue weighted by Crippen LogP contribution is 2.32. The summed E-state index contributed by atoms with van der Waals surface area (Å²) in [6.45, 7) is -0.547. The fraction of sp³-hybridized carbons (Fsp3) is 0.182. The average Bonchev–Trinajstić information content (AvgIpc) is 3.50. The largest absolute Gasteiger partial charge is 0.497 e. The smallest absolute Gasteiger partial charge is 0.416 e. The molecule has 5 rings (SSSR count). The van der Waals surface area contributed by atoms with Crippen LogP contribution in [0.5, 0.6) is 11.5 Å². The molecule has 0 saturated carbocycles. The summed E-state index contributed by atoms with van der Waals surface area (Å²) >= 11 is 0. The number of halogens is 3. The normalized spacial score (nSPS) is 11.6. The molecule has 0 aliphatic heterocycles. The van der Waals surface area contributed by atoms with Crippen molar-refractivity contribution in [3.8, 4) is 11.5 Å². The van der Waals surface area contributed by atoms with Gasteiger partial charge in [-0.25, -0.2) is 9.36 Å². The van der Waals surface area contributed by atoms with Crippen LogP contribution in [-0.4, -0.2) is 38.1 Å². The molecule has 0 spiro atoms. The molecule has 2 heterocycles. The third-order valence-electron chi connectivity index (χ3n) is 7.37. The van der Waals surface area contributed by atoms with Crippen LogP contribution in [0.1, 0.15) is 33.5 Å². The van der Waals surface area contributed by atoms with E-state index in [2.05, 4.69) is 5.10 Å². The van der Waals surface area contributed by atoms with Gasteiger partial charge in [0.25, 0.3) is 0 Å². The monoisotopic (exact) mass is 647 g/mol. The van der Waals surface area contributed by atoms with Crippen LogP contribution in [0.4, 0.5) is 18.9 Å². The van der Waals surface area contributed by atoms with Gasteiger partial charge in [-0.05, 0) is 59.2 Å².